The Bertz CT molecular complexity index is 64.9. The molecule has 1 fully saturated rings. The molecule has 10 heavy (non-hydrogen) atoms. The van der Waals surface area contributed by atoms with Crippen LogP contribution in [-0.2, 0) is 0 Å². The Morgan fingerprint density at radius 1 is 1.30 bits per heavy atom. The third kappa shape index (κ3) is 8.97. The van der Waals surface area contributed by atoms with Crippen molar-refractivity contribution in [2.24, 2.45) is 0 Å². The molecule has 0 spiro atoms. The molecular weight excluding hydrogens is 200 g/mol. The Morgan fingerprint density at radius 2 is 1.80 bits per heavy atom. The molecular formula is C8H20GeP. The van der Waals surface area contributed by atoms with E-state index in [9.17, 15) is 0 Å². The van der Waals surface area contributed by atoms with Gasteiger partial charge in [0.1, 0.15) is 0 Å². The van der Waals surface area contributed by atoms with Crippen LogP contribution in [0, 0.1) is 0 Å². The van der Waals surface area contributed by atoms with E-state index in [4.69, 9.17) is 0 Å². The maximum absolute atomic E-state index is 2.35. The van der Waals surface area contributed by atoms with Crippen molar-refractivity contribution in [1.82, 2.24) is 0 Å². The van der Waals surface area contributed by atoms with Gasteiger partial charge in [0, 0.05) is 0 Å². The van der Waals surface area contributed by atoms with Crippen LogP contribution >= 0.6 is 8.58 Å². The number of rotatable bonds is 0. The van der Waals surface area contributed by atoms with Gasteiger partial charge in [0.2, 0.25) is 0 Å². The van der Waals surface area contributed by atoms with E-state index in [0.29, 0.717) is 0 Å². The zero-order chi connectivity index (χ0) is 7.98. The summed E-state index contributed by atoms with van der Waals surface area (Å²) in [5.41, 5.74) is 1.07. The van der Waals surface area contributed by atoms with Gasteiger partial charge in [0.25, 0.3) is 0 Å². The van der Waals surface area contributed by atoms with Gasteiger partial charge in [-0.25, -0.2) is 0 Å². The van der Waals surface area contributed by atoms with Crippen molar-refractivity contribution in [3.8, 4) is 0 Å². The van der Waals surface area contributed by atoms with Crippen LogP contribution in [0.1, 0.15) is 19.8 Å². The summed E-state index contributed by atoms with van der Waals surface area (Å²) in [4.78, 5) is 0. The van der Waals surface area contributed by atoms with Crippen molar-refractivity contribution in [1.29, 1.82) is 0 Å². The van der Waals surface area contributed by atoms with E-state index < -0.39 is 0 Å². The molecule has 2 heteroatoms. The molecule has 0 aromatic carbocycles. The summed E-state index contributed by atoms with van der Waals surface area (Å²) >= 11 is -0.333. The molecule has 1 aliphatic heterocycles. The molecule has 0 N–H and O–H groups in total. The molecule has 1 rings (SSSR count). The van der Waals surface area contributed by atoms with Crippen LogP contribution in [0.25, 0.3) is 0 Å². The van der Waals surface area contributed by atoms with Gasteiger partial charge in [-0.3, -0.25) is 0 Å². The van der Waals surface area contributed by atoms with Gasteiger partial charge in [0.15, 0.2) is 0 Å². The van der Waals surface area contributed by atoms with Gasteiger partial charge in [-0.05, 0) is 24.7 Å². The summed E-state index contributed by atoms with van der Waals surface area (Å²) in [5.74, 6) is 7.00. The van der Waals surface area contributed by atoms with Gasteiger partial charge >= 0.3 is 31.6 Å². The fourth-order valence-corrected chi connectivity index (χ4v) is 2.17. The molecule has 1 aliphatic rings. The Morgan fingerprint density at radius 3 is 1.90 bits per heavy atom. The summed E-state index contributed by atoms with van der Waals surface area (Å²) in [6, 6.07) is 0. The van der Waals surface area contributed by atoms with Crippen molar-refractivity contribution < 1.29 is 0 Å². The predicted molar refractivity (Wildman–Crippen MR) is 55.2 cm³/mol. The van der Waals surface area contributed by atoms with Crippen LogP contribution < -0.4 is 0 Å². The van der Waals surface area contributed by atoms with E-state index in [0.717, 1.165) is 5.66 Å². The summed E-state index contributed by atoms with van der Waals surface area (Å²) in [6.07, 6.45) is 4.51. The molecule has 0 aromatic rings. The van der Waals surface area contributed by atoms with Gasteiger partial charge < -0.3 is 0 Å². The Labute approximate surface area is 72.1 Å². The van der Waals surface area contributed by atoms with E-state index in [1.54, 1.807) is 0 Å². The topological polar surface area (TPSA) is 0 Å². The quantitative estimate of drug-likeness (QED) is 0.434. The second-order valence-corrected chi connectivity index (χ2v) is 11.7. The molecule has 2 atom stereocenters. The minimum atomic E-state index is -0.333. The van der Waals surface area contributed by atoms with Gasteiger partial charge in [-0.1, -0.05) is 6.92 Å². The van der Waals surface area contributed by atoms with Gasteiger partial charge in [-0.2, -0.15) is 0 Å². The first-order chi connectivity index (χ1) is 4.63. The average Bonchev–Trinajstić information content (AvgIpc) is 2.15. The Balaban J connectivity index is 0.000000180. The first-order valence-corrected chi connectivity index (χ1v) is 11.7. The van der Waals surface area contributed by atoms with Crippen molar-refractivity contribution in [2.45, 2.75) is 42.7 Å². The van der Waals surface area contributed by atoms with E-state index in [1.807, 2.05) is 0 Å². The summed E-state index contributed by atoms with van der Waals surface area (Å²) < 4.78 is 0. The summed E-state index contributed by atoms with van der Waals surface area (Å²) in [5, 5.41) is 0. The monoisotopic (exact) mass is 221 g/mol. The minimum absolute atomic E-state index is 0.333. The fraction of sp³-hybridized carbons (Fsp3) is 1.00. The molecule has 61 valence electrons. The van der Waals surface area contributed by atoms with E-state index in [1.165, 1.54) is 27.6 Å². The molecule has 0 nitrogen and oxygen atoms in total. The zero-order valence-electron chi connectivity index (χ0n) is 7.70. The molecule has 0 bridgehead atoms. The molecule has 1 saturated heterocycles. The van der Waals surface area contributed by atoms with Crippen LogP contribution in [0.2, 0.25) is 17.3 Å². The van der Waals surface area contributed by atoms with Crippen molar-refractivity contribution in [3.63, 3.8) is 0 Å². The zero-order valence-corrected chi connectivity index (χ0v) is 10.8. The van der Waals surface area contributed by atoms with Crippen LogP contribution in [0.15, 0.2) is 0 Å². The van der Waals surface area contributed by atoms with E-state index in [2.05, 4.69) is 24.2 Å². The van der Waals surface area contributed by atoms with Crippen LogP contribution in [0.5, 0.6) is 0 Å². The first-order valence-electron chi connectivity index (χ1n) is 4.13. The Kier molecular flexibility index (Phi) is 7.32. The van der Waals surface area contributed by atoms with Crippen molar-refractivity contribution in [2.75, 3.05) is 6.16 Å². The molecule has 0 saturated carbocycles. The van der Waals surface area contributed by atoms with Crippen LogP contribution in [0.3, 0.4) is 0 Å². The van der Waals surface area contributed by atoms with Crippen molar-refractivity contribution in [3.05, 3.63) is 0 Å². The second kappa shape index (κ2) is 6.67. The molecule has 1 heterocycles. The molecule has 1 unspecified atom stereocenters. The normalized spacial score (nSPS) is 26.7. The van der Waals surface area contributed by atoms with Gasteiger partial charge in [0.05, 0.1) is 0 Å². The van der Waals surface area contributed by atoms with E-state index >= 15 is 0 Å². The van der Waals surface area contributed by atoms with Crippen LogP contribution in [0.4, 0.5) is 0 Å². The summed E-state index contributed by atoms with van der Waals surface area (Å²) in [7, 11) is 1.28. The van der Waals surface area contributed by atoms with Crippen molar-refractivity contribution >= 4 is 22.9 Å². The third-order valence-corrected chi connectivity index (χ3v) is 2.93. The third-order valence-electron chi connectivity index (χ3n) is 1.31. The second-order valence-electron chi connectivity index (χ2n) is 3.50. The number of hydrogen-bond donors (Lipinski definition) is 0. The fourth-order valence-electron chi connectivity index (χ4n) is 0.859. The number of hydrogen-bond acceptors (Lipinski definition) is 0. The SMILES string of the molecule is C[C@H]1CCCP1.[CH3][Ge]([CH3])[CH3]. The molecule has 0 aromatic heterocycles. The first kappa shape index (κ1) is 11.0. The predicted octanol–water partition coefficient (Wildman–Crippen LogP) is 3.22. The molecule has 0 amide bonds. The Hall–Kier alpha value is 0.973. The van der Waals surface area contributed by atoms with Crippen LogP contribution in [-0.4, -0.2) is 26.2 Å². The standard InChI is InChI=1S/C5H11P.C3H9Ge/c1-5-3-2-4-6-5;1-4(2)3/h5-6H,2-4H2,1H3;1-3H3/t5-;/m0./s1. The van der Waals surface area contributed by atoms with Gasteiger partial charge in [-0.15, -0.1) is 8.58 Å². The molecule has 1 radical (unpaired) electrons. The maximum atomic E-state index is 2.35. The van der Waals surface area contributed by atoms with E-state index in [-0.39, 0.29) is 14.3 Å². The average molecular weight is 220 g/mol. The molecule has 0 aliphatic carbocycles. The summed E-state index contributed by atoms with van der Waals surface area (Å²) in [6.45, 7) is 2.35.